The van der Waals surface area contributed by atoms with Gasteiger partial charge >= 0.3 is 0 Å². The van der Waals surface area contributed by atoms with E-state index in [0.717, 1.165) is 24.2 Å². The molecule has 27 heavy (non-hydrogen) atoms. The summed E-state index contributed by atoms with van der Waals surface area (Å²) in [6.07, 6.45) is 3.72. The van der Waals surface area contributed by atoms with Gasteiger partial charge in [-0.05, 0) is 61.8 Å². The van der Waals surface area contributed by atoms with Crippen molar-refractivity contribution in [2.75, 3.05) is 0 Å². The maximum atomic E-state index is 5.86. The molecular formula is C24H18OS2. The van der Waals surface area contributed by atoms with Crippen LogP contribution in [-0.2, 0) is 12.8 Å². The van der Waals surface area contributed by atoms with E-state index in [0.29, 0.717) is 0 Å². The van der Waals surface area contributed by atoms with Gasteiger partial charge in [0.15, 0.2) is 0 Å². The van der Waals surface area contributed by atoms with Crippen LogP contribution in [0.1, 0.15) is 21.8 Å². The third-order valence-corrected chi connectivity index (χ3v) is 6.44. The molecule has 2 aromatic carbocycles. The summed E-state index contributed by atoms with van der Waals surface area (Å²) in [5, 5.41) is 8.98. The third-order valence-electron chi connectivity index (χ3n) is 4.83. The van der Waals surface area contributed by atoms with E-state index in [1.54, 1.807) is 11.3 Å². The first kappa shape index (κ1) is 16.5. The molecule has 5 rings (SSSR count). The Hall–Kier alpha value is -2.62. The highest BCUT2D eigenvalue weighted by Crippen LogP contribution is 2.32. The van der Waals surface area contributed by atoms with Gasteiger partial charge in [0.25, 0.3) is 0 Å². The summed E-state index contributed by atoms with van der Waals surface area (Å²) in [6, 6.07) is 22.0. The Kier molecular flexibility index (Phi) is 4.40. The number of rotatable bonds is 5. The van der Waals surface area contributed by atoms with E-state index in [1.807, 2.05) is 17.6 Å². The van der Waals surface area contributed by atoms with E-state index in [2.05, 4.69) is 76.8 Å². The quantitative estimate of drug-likeness (QED) is 0.306. The average molecular weight is 387 g/mol. The van der Waals surface area contributed by atoms with Gasteiger partial charge in [-0.15, -0.1) is 11.3 Å². The molecule has 0 amide bonds. The molecular weight excluding hydrogens is 368 g/mol. The van der Waals surface area contributed by atoms with Crippen molar-refractivity contribution in [1.29, 1.82) is 0 Å². The molecule has 0 bridgehead atoms. The predicted octanol–water partition coefficient (Wildman–Crippen LogP) is 7.40. The Bertz CT molecular complexity index is 1160. The predicted molar refractivity (Wildman–Crippen MR) is 116 cm³/mol. The van der Waals surface area contributed by atoms with Crippen LogP contribution in [0.5, 0.6) is 0 Å². The molecule has 0 aliphatic rings. The van der Waals surface area contributed by atoms with Crippen LogP contribution >= 0.6 is 22.7 Å². The van der Waals surface area contributed by atoms with Gasteiger partial charge in [0.05, 0.1) is 6.26 Å². The Morgan fingerprint density at radius 1 is 0.815 bits per heavy atom. The second-order valence-electron chi connectivity index (χ2n) is 6.73. The fourth-order valence-corrected chi connectivity index (χ4v) is 4.91. The smallest absolute Gasteiger partial charge is 0.108 e. The number of hydrogen-bond acceptors (Lipinski definition) is 3. The van der Waals surface area contributed by atoms with Crippen molar-refractivity contribution >= 4 is 33.4 Å². The molecule has 0 fully saturated rings. The van der Waals surface area contributed by atoms with Crippen LogP contribution in [-0.4, -0.2) is 0 Å². The number of fused-ring (bicyclic) bond motifs is 1. The van der Waals surface area contributed by atoms with Gasteiger partial charge in [0.1, 0.15) is 5.76 Å². The highest BCUT2D eigenvalue weighted by atomic mass is 32.1. The van der Waals surface area contributed by atoms with Crippen LogP contribution in [0.3, 0.4) is 0 Å². The van der Waals surface area contributed by atoms with Crippen LogP contribution in [0.15, 0.2) is 87.5 Å². The van der Waals surface area contributed by atoms with Crippen LogP contribution < -0.4 is 0 Å². The molecule has 3 aromatic heterocycles. The maximum Gasteiger partial charge on any atom is 0.108 e. The minimum Gasteiger partial charge on any atom is -0.468 e. The first-order chi connectivity index (χ1) is 13.3. The zero-order valence-electron chi connectivity index (χ0n) is 14.7. The standard InChI is InChI=1S/C24H18OS2/c1-3-19-7-6-17(12-22-4-2-9-27-22)13-24(19)23(5-1)20-14-21(25-15-20)11-18-8-10-26-16-18/h1-10,13-16H,11-12H2. The summed E-state index contributed by atoms with van der Waals surface area (Å²) in [6.45, 7) is 0. The van der Waals surface area contributed by atoms with Crippen LogP contribution in [0.4, 0.5) is 0 Å². The number of thiophene rings is 2. The zero-order chi connectivity index (χ0) is 18.1. The Labute approximate surface area is 166 Å². The van der Waals surface area contributed by atoms with Crippen molar-refractivity contribution in [2.24, 2.45) is 0 Å². The molecule has 132 valence electrons. The molecule has 3 heterocycles. The highest BCUT2D eigenvalue weighted by molar-refractivity contribution is 7.09. The van der Waals surface area contributed by atoms with Crippen LogP contribution in [0, 0.1) is 0 Å². The van der Waals surface area contributed by atoms with Crippen molar-refractivity contribution in [2.45, 2.75) is 12.8 Å². The highest BCUT2D eigenvalue weighted by Gasteiger charge is 2.10. The number of benzene rings is 2. The van der Waals surface area contributed by atoms with Gasteiger partial charge in [-0.1, -0.05) is 42.5 Å². The largest absolute Gasteiger partial charge is 0.468 e. The van der Waals surface area contributed by atoms with E-state index in [4.69, 9.17) is 4.42 Å². The van der Waals surface area contributed by atoms with Crippen molar-refractivity contribution in [1.82, 2.24) is 0 Å². The maximum absolute atomic E-state index is 5.86. The van der Waals surface area contributed by atoms with Gasteiger partial charge in [0, 0.05) is 23.3 Å². The Morgan fingerprint density at radius 2 is 1.81 bits per heavy atom. The van der Waals surface area contributed by atoms with E-state index < -0.39 is 0 Å². The van der Waals surface area contributed by atoms with Gasteiger partial charge in [-0.2, -0.15) is 11.3 Å². The lowest BCUT2D eigenvalue weighted by molar-refractivity contribution is 0.521. The second kappa shape index (κ2) is 7.18. The summed E-state index contributed by atoms with van der Waals surface area (Å²) in [4.78, 5) is 1.40. The van der Waals surface area contributed by atoms with Gasteiger partial charge < -0.3 is 4.42 Å². The third kappa shape index (κ3) is 3.48. The molecule has 5 aromatic rings. The molecule has 1 nitrogen and oxygen atoms in total. The molecule has 3 heteroatoms. The van der Waals surface area contributed by atoms with Crippen molar-refractivity contribution < 1.29 is 4.42 Å². The summed E-state index contributed by atoms with van der Waals surface area (Å²) >= 11 is 3.54. The van der Waals surface area contributed by atoms with Crippen molar-refractivity contribution in [3.05, 3.63) is 105 Å². The normalized spacial score (nSPS) is 11.3. The number of furan rings is 1. The monoisotopic (exact) mass is 386 g/mol. The molecule has 0 aliphatic heterocycles. The van der Waals surface area contributed by atoms with E-state index in [-0.39, 0.29) is 0 Å². The molecule has 0 saturated heterocycles. The topological polar surface area (TPSA) is 13.1 Å². The fourth-order valence-electron chi connectivity index (χ4n) is 3.50. The van der Waals surface area contributed by atoms with Crippen LogP contribution in [0.25, 0.3) is 21.9 Å². The SMILES string of the molecule is c1csc(Cc2ccc3cccc(-c4coc(Cc5ccsc5)c4)c3c2)c1. The second-order valence-corrected chi connectivity index (χ2v) is 8.54. The van der Waals surface area contributed by atoms with Gasteiger partial charge in [0.2, 0.25) is 0 Å². The fraction of sp³-hybridized carbons (Fsp3) is 0.0833. The first-order valence-electron chi connectivity index (χ1n) is 8.98. The van der Waals surface area contributed by atoms with Crippen molar-refractivity contribution in [3.63, 3.8) is 0 Å². The van der Waals surface area contributed by atoms with E-state index >= 15 is 0 Å². The zero-order valence-corrected chi connectivity index (χ0v) is 16.4. The van der Waals surface area contributed by atoms with E-state index in [1.165, 1.54) is 32.3 Å². The summed E-state index contributed by atoms with van der Waals surface area (Å²) in [7, 11) is 0. The molecule has 0 atom stereocenters. The first-order valence-corrected chi connectivity index (χ1v) is 10.8. The molecule has 0 aliphatic carbocycles. The minimum absolute atomic E-state index is 0.845. The molecule has 0 N–H and O–H groups in total. The lowest BCUT2D eigenvalue weighted by Crippen LogP contribution is -1.87. The summed E-state index contributed by atoms with van der Waals surface area (Å²) < 4.78 is 5.86. The van der Waals surface area contributed by atoms with E-state index in [9.17, 15) is 0 Å². The lowest BCUT2D eigenvalue weighted by Gasteiger charge is -2.07. The molecule has 0 spiro atoms. The Morgan fingerprint density at radius 3 is 2.67 bits per heavy atom. The molecule has 0 radical (unpaired) electrons. The number of hydrogen-bond donors (Lipinski definition) is 0. The summed E-state index contributed by atoms with van der Waals surface area (Å²) in [5.41, 5.74) is 5.04. The summed E-state index contributed by atoms with van der Waals surface area (Å²) in [5.74, 6) is 1.01. The average Bonchev–Trinajstić information content (AvgIpc) is 3.45. The Balaban J connectivity index is 1.51. The van der Waals surface area contributed by atoms with Crippen LogP contribution in [0.2, 0.25) is 0 Å². The lowest BCUT2D eigenvalue weighted by atomic mass is 9.97. The van der Waals surface area contributed by atoms with Gasteiger partial charge in [-0.25, -0.2) is 0 Å². The van der Waals surface area contributed by atoms with Crippen molar-refractivity contribution in [3.8, 4) is 11.1 Å². The molecule has 0 unspecified atom stereocenters. The molecule has 0 saturated carbocycles. The minimum atomic E-state index is 0.845. The van der Waals surface area contributed by atoms with Gasteiger partial charge in [-0.3, -0.25) is 0 Å².